The average Bonchev–Trinajstić information content (AvgIpc) is 2.81. The van der Waals surface area contributed by atoms with Gasteiger partial charge in [0.1, 0.15) is 23.4 Å². The molecule has 0 unspecified atom stereocenters. The first kappa shape index (κ1) is 20.6. The van der Waals surface area contributed by atoms with E-state index in [2.05, 4.69) is 30.8 Å². The number of fused-ring (bicyclic) bond motifs is 2. The predicted molar refractivity (Wildman–Crippen MR) is 124 cm³/mol. The van der Waals surface area contributed by atoms with Crippen LogP contribution in [0.1, 0.15) is 6.42 Å². The smallest absolute Gasteiger partial charge is 0.175 e. The summed E-state index contributed by atoms with van der Waals surface area (Å²) in [5.41, 5.74) is 1.06. The number of nitrogens with zero attached hydrogens (tertiary/aromatic N) is 6. The van der Waals surface area contributed by atoms with Crippen molar-refractivity contribution in [2.75, 3.05) is 31.6 Å². The van der Waals surface area contributed by atoms with Gasteiger partial charge in [0.25, 0.3) is 0 Å². The SMILES string of the molecule is CN1CCN(c2ncnc3c(F)c(-c4cccc5cccc(Cl)c45)ncc23)C[C@@H]1CC#N. The third-order valence-corrected chi connectivity index (χ3v) is 6.43. The van der Waals surface area contributed by atoms with Gasteiger partial charge >= 0.3 is 0 Å². The topological polar surface area (TPSA) is 68.9 Å². The van der Waals surface area contributed by atoms with Crippen molar-refractivity contribution in [3.8, 4) is 17.3 Å². The maximum absolute atomic E-state index is 15.8. The second-order valence-corrected chi connectivity index (χ2v) is 8.37. The zero-order chi connectivity index (χ0) is 22.2. The third-order valence-electron chi connectivity index (χ3n) is 6.11. The van der Waals surface area contributed by atoms with Crippen molar-refractivity contribution in [3.63, 3.8) is 0 Å². The number of hydrogen-bond acceptors (Lipinski definition) is 6. The highest BCUT2D eigenvalue weighted by Gasteiger charge is 2.27. The fourth-order valence-electron chi connectivity index (χ4n) is 4.37. The van der Waals surface area contributed by atoms with E-state index in [0.29, 0.717) is 34.8 Å². The van der Waals surface area contributed by atoms with Crippen LogP contribution in [-0.4, -0.2) is 52.6 Å². The molecule has 1 atom stereocenters. The lowest BCUT2D eigenvalue weighted by Gasteiger charge is -2.39. The second-order valence-electron chi connectivity index (χ2n) is 7.97. The van der Waals surface area contributed by atoms with Crippen molar-refractivity contribution in [1.82, 2.24) is 19.9 Å². The van der Waals surface area contributed by atoms with Crippen LogP contribution in [0.5, 0.6) is 0 Å². The molecule has 0 aliphatic carbocycles. The molecule has 6 nitrogen and oxygen atoms in total. The molecule has 1 fully saturated rings. The molecule has 160 valence electrons. The summed E-state index contributed by atoms with van der Waals surface area (Å²) in [6.07, 6.45) is 3.45. The van der Waals surface area contributed by atoms with Crippen LogP contribution < -0.4 is 4.90 Å². The van der Waals surface area contributed by atoms with Gasteiger partial charge in [-0.3, -0.25) is 9.88 Å². The highest BCUT2D eigenvalue weighted by atomic mass is 35.5. The molecule has 8 heteroatoms. The molecule has 32 heavy (non-hydrogen) atoms. The van der Waals surface area contributed by atoms with Crippen molar-refractivity contribution in [3.05, 3.63) is 59.8 Å². The number of pyridine rings is 1. The van der Waals surface area contributed by atoms with E-state index >= 15 is 4.39 Å². The molecule has 3 heterocycles. The van der Waals surface area contributed by atoms with Crippen LogP contribution in [0.25, 0.3) is 32.9 Å². The number of hydrogen-bond donors (Lipinski definition) is 0. The first-order chi connectivity index (χ1) is 15.6. The molecule has 0 radical (unpaired) electrons. The summed E-state index contributed by atoms with van der Waals surface area (Å²) in [7, 11) is 2.01. The molecule has 1 saturated heterocycles. The molecule has 0 spiro atoms. The van der Waals surface area contributed by atoms with Gasteiger partial charge in [-0.2, -0.15) is 5.26 Å². The molecule has 0 amide bonds. The first-order valence-electron chi connectivity index (χ1n) is 10.4. The summed E-state index contributed by atoms with van der Waals surface area (Å²) in [5.74, 6) is 0.140. The van der Waals surface area contributed by atoms with Crippen molar-refractivity contribution < 1.29 is 4.39 Å². The van der Waals surface area contributed by atoms with Gasteiger partial charge in [0.2, 0.25) is 0 Å². The van der Waals surface area contributed by atoms with Crippen molar-refractivity contribution >= 4 is 39.1 Å². The van der Waals surface area contributed by atoms with Gasteiger partial charge in [0.05, 0.1) is 17.9 Å². The standard InChI is InChI=1S/C24H20ClFN6/c1-31-10-11-32(13-16(31)8-9-27)24-18-12-28-22(21(26)23(18)29-14-30-24)17-6-2-4-15-5-3-7-19(25)20(15)17/h2-7,12,14,16H,8,10-11,13H2,1H3/t16-/m0/s1. The number of aromatic nitrogens is 3. The van der Waals surface area contributed by atoms with Gasteiger partial charge in [-0.1, -0.05) is 41.9 Å². The van der Waals surface area contributed by atoms with E-state index in [1.165, 1.54) is 6.33 Å². The molecule has 4 aromatic rings. The lowest BCUT2D eigenvalue weighted by molar-refractivity contribution is 0.221. The van der Waals surface area contributed by atoms with Gasteiger partial charge in [-0.15, -0.1) is 0 Å². The van der Waals surface area contributed by atoms with Crippen LogP contribution >= 0.6 is 11.6 Å². The van der Waals surface area contributed by atoms with E-state index in [9.17, 15) is 0 Å². The lowest BCUT2D eigenvalue weighted by Crippen LogP contribution is -2.51. The summed E-state index contributed by atoms with van der Waals surface area (Å²) in [6, 6.07) is 13.6. The quantitative estimate of drug-likeness (QED) is 0.455. The average molecular weight is 447 g/mol. The van der Waals surface area contributed by atoms with E-state index in [-0.39, 0.29) is 17.3 Å². The van der Waals surface area contributed by atoms with Crippen LogP contribution in [0.15, 0.2) is 48.9 Å². The number of halogens is 2. The molecule has 2 aromatic heterocycles. The van der Waals surface area contributed by atoms with Gasteiger partial charge in [0.15, 0.2) is 5.82 Å². The first-order valence-corrected chi connectivity index (χ1v) is 10.7. The maximum atomic E-state index is 15.8. The normalized spacial score (nSPS) is 17.1. The van der Waals surface area contributed by atoms with Crippen LogP contribution in [0.2, 0.25) is 5.02 Å². The summed E-state index contributed by atoms with van der Waals surface area (Å²) in [4.78, 5) is 17.4. The molecule has 0 bridgehead atoms. The van der Waals surface area contributed by atoms with E-state index in [4.69, 9.17) is 16.9 Å². The second kappa shape index (κ2) is 8.30. The summed E-state index contributed by atoms with van der Waals surface area (Å²) >= 11 is 6.45. The van der Waals surface area contributed by atoms with Crippen LogP contribution in [0.4, 0.5) is 10.2 Å². The van der Waals surface area contributed by atoms with Gasteiger partial charge < -0.3 is 4.90 Å². The number of likely N-dealkylation sites (N-methyl/N-ethyl adjacent to an activating group) is 1. The minimum absolute atomic E-state index is 0.0914. The summed E-state index contributed by atoms with van der Waals surface area (Å²) in [5, 5.41) is 11.9. The Morgan fingerprint density at radius 3 is 2.78 bits per heavy atom. The van der Waals surface area contributed by atoms with Crippen molar-refractivity contribution in [1.29, 1.82) is 5.26 Å². The Bertz CT molecular complexity index is 1360. The lowest BCUT2D eigenvalue weighted by atomic mass is 10.0. The fraction of sp³-hybridized carbons (Fsp3) is 0.250. The zero-order valence-electron chi connectivity index (χ0n) is 17.5. The highest BCUT2D eigenvalue weighted by Crippen LogP contribution is 2.36. The minimum Gasteiger partial charge on any atom is -0.353 e. The van der Waals surface area contributed by atoms with E-state index in [1.54, 1.807) is 12.3 Å². The van der Waals surface area contributed by atoms with E-state index < -0.39 is 5.82 Å². The molecule has 1 aliphatic rings. The van der Waals surface area contributed by atoms with Crippen LogP contribution in [0, 0.1) is 17.1 Å². The van der Waals surface area contributed by atoms with Gasteiger partial charge in [-0.25, -0.2) is 14.4 Å². The summed E-state index contributed by atoms with van der Waals surface area (Å²) in [6.45, 7) is 2.16. The number of anilines is 1. The Morgan fingerprint density at radius 1 is 1.16 bits per heavy atom. The number of rotatable bonds is 3. The van der Waals surface area contributed by atoms with Crippen molar-refractivity contribution in [2.45, 2.75) is 12.5 Å². The molecule has 2 aromatic carbocycles. The van der Waals surface area contributed by atoms with E-state index in [1.807, 2.05) is 37.4 Å². The fourth-order valence-corrected chi connectivity index (χ4v) is 4.66. The monoisotopic (exact) mass is 446 g/mol. The maximum Gasteiger partial charge on any atom is 0.175 e. The van der Waals surface area contributed by atoms with Gasteiger partial charge in [-0.05, 0) is 18.5 Å². The Kier molecular flexibility index (Phi) is 5.33. The molecule has 0 N–H and O–H groups in total. The summed E-state index contributed by atoms with van der Waals surface area (Å²) < 4.78 is 15.8. The zero-order valence-corrected chi connectivity index (χ0v) is 18.2. The largest absolute Gasteiger partial charge is 0.353 e. The van der Waals surface area contributed by atoms with Gasteiger partial charge in [0, 0.05) is 47.8 Å². The number of piperazine rings is 1. The highest BCUT2D eigenvalue weighted by molar-refractivity contribution is 6.36. The van der Waals surface area contributed by atoms with Crippen LogP contribution in [0.3, 0.4) is 0 Å². The van der Waals surface area contributed by atoms with Crippen molar-refractivity contribution in [2.24, 2.45) is 0 Å². The predicted octanol–water partition coefficient (Wildman–Crippen LogP) is 4.67. The Labute approximate surface area is 189 Å². The molecular weight excluding hydrogens is 427 g/mol. The minimum atomic E-state index is -0.499. The molecule has 1 aliphatic heterocycles. The Hall–Kier alpha value is -3.34. The number of nitriles is 1. The third kappa shape index (κ3) is 3.42. The molecular formula is C24H20ClFN6. The molecule has 0 saturated carbocycles. The Balaban J connectivity index is 1.62. The van der Waals surface area contributed by atoms with E-state index in [0.717, 1.165) is 23.9 Å². The molecule has 5 rings (SSSR count). The number of benzene rings is 2. The van der Waals surface area contributed by atoms with Crippen LogP contribution in [-0.2, 0) is 0 Å². The Morgan fingerprint density at radius 2 is 1.97 bits per heavy atom.